The molecule has 0 aromatic carbocycles. The topological polar surface area (TPSA) is 94.8 Å². The molecular formula is C21H32O5. The normalized spacial score (nSPS) is 53.3. The van der Waals surface area contributed by atoms with Gasteiger partial charge in [0.2, 0.25) is 0 Å². The predicted molar refractivity (Wildman–Crippen MR) is 95.1 cm³/mol. The summed E-state index contributed by atoms with van der Waals surface area (Å²) in [5.41, 5.74) is -0.784. The molecule has 4 aliphatic carbocycles. The number of rotatable bonds is 3. The summed E-state index contributed by atoms with van der Waals surface area (Å²) in [4.78, 5) is 24.6. The average molecular weight is 364 g/mol. The Balaban J connectivity index is 1.69. The van der Waals surface area contributed by atoms with Crippen molar-refractivity contribution >= 4 is 12.1 Å². The lowest BCUT2D eigenvalue weighted by atomic mass is 9.43. The van der Waals surface area contributed by atoms with E-state index < -0.39 is 24.0 Å². The van der Waals surface area contributed by atoms with Crippen LogP contribution in [0.1, 0.15) is 58.3 Å². The minimum Gasteiger partial charge on any atom is -0.393 e. The molecule has 0 bridgehead atoms. The number of aldehydes is 1. The van der Waals surface area contributed by atoms with E-state index in [2.05, 4.69) is 6.92 Å². The maximum Gasteiger partial charge on any atom is 0.162 e. The van der Waals surface area contributed by atoms with Crippen molar-refractivity contribution < 1.29 is 24.9 Å². The van der Waals surface area contributed by atoms with Crippen LogP contribution in [0.5, 0.6) is 0 Å². The van der Waals surface area contributed by atoms with Gasteiger partial charge in [0.25, 0.3) is 0 Å². The lowest BCUT2D eigenvalue weighted by Crippen LogP contribution is -2.60. The highest BCUT2D eigenvalue weighted by molar-refractivity contribution is 5.87. The van der Waals surface area contributed by atoms with Crippen LogP contribution in [0.2, 0.25) is 0 Å². The van der Waals surface area contributed by atoms with Crippen molar-refractivity contribution in [1.82, 2.24) is 0 Å². The van der Waals surface area contributed by atoms with Gasteiger partial charge in [-0.25, -0.2) is 0 Å². The number of aliphatic hydroxyl groups is 3. The maximum atomic E-state index is 12.3. The molecule has 146 valence electrons. The van der Waals surface area contributed by atoms with Crippen LogP contribution in [0.3, 0.4) is 0 Å². The molecule has 0 saturated heterocycles. The molecule has 0 radical (unpaired) electrons. The molecule has 4 saturated carbocycles. The summed E-state index contributed by atoms with van der Waals surface area (Å²) in [5.74, 6) is 0.294. The average Bonchev–Trinajstić information content (AvgIpc) is 3.00. The van der Waals surface area contributed by atoms with Crippen molar-refractivity contribution in [1.29, 1.82) is 0 Å². The first-order valence-electron chi connectivity index (χ1n) is 10.3. The first-order valence-corrected chi connectivity index (χ1v) is 10.3. The Labute approximate surface area is 155 Å². The third-order valence-corrected chi connectivity index (χ3v) is 8.94. The Hall–Kier alpha value is -0.780. The molecule has 5 heteroatoms. The quantitative estimate of drug-likeness (QED) is 0.663. The number of hydrogen-bond acceptors (Lipinski definition) is 5. The number of aliphatic hydroxyl groups excluding tert-OH is 3. The number of hydrogen-bond donors (Lipinski definition) is 3. The van der Waals surface area contributed by atoms with Gasteiger partial charge in [-0.2, -0.15) is 0 Å². The van der Waals surface area contributed by atoms with Gasteiger partial charge in [-0.15, -0.1) is 0 Å². The van der Waals surface area contributed by atoms with Crippen molar-refractivity contribution in [3.05, 3.63) is 0 Å². The molecule has 0 unspecified atom stereocenters. The number of carbonyl (C=O) groups is 2. The van der Waals surface area contributed by atoms with E-state index in [9.17, 15) is 24.9 Å². The van der Waals surface area contributed by atoms with Gasteiger partial charge in [0.15, 0.2) is 5.78 Å². The highest BCUT2D eigenvalue weighted by Crippen LogP contribution is 2.67. The van der Waals surface area contributed by atoms with Gasteiger partial charge in [-0.1, -0.05) is 6.92 Å². The van der Waals surface area contributed by atoms with E-state index in [1.807, 2.05) is 0 Å². The highest BCUT2D eigenvalue weighted by Gasteiger charge is 2.65. The fourth-order valence-electron chi connectivity index (χ4n) is 7.85. The van der Waals surface area contributed by atoms with Crippen molar-refractivity contribution in [2.45, 2.75) is 70.5 Å². The monoisotopic (exact) mass is 364 g/mol. The van der Waals surface area contributed by atoms with Crippen LogP contribution in [0, 0.1) is 40.4 Å². The van der Waals surface area contributed by atoms with Crippen LogP contribution in [0.25, 0.3) is 0 Å². The second kappa shape index (κ2) is 6.39. The fraction of sp³-hybridized carbons (Fsp3) is 0.905. The molecule has 3 N–H and O–H groups in total. The number of fused-ring (bicyclic) bond motifs is 5. The Morgan fingerprint density at radius 3 is 2.62 bits per heavy atom. The van der Waals surface area contributed by atoms with E-state index in [4.69, 9.17) is 0 Å². The van der Waals surface area contributed by atoms with E-state index in [0.717, 1.165) is 44.8 Å². The zero-order valence-corrected chi connectivity index (χ0v) is 15.6. The van der Waals surface area contributed by atoms with Crippen molar-refractivity contribution in [2.24, 2.45) is 40.4 Å². The Kier molecular flexibility index (Phi) is 4.56. The van der Waals surface area contributed by atoms with Gasteiger partial charge in [0.1, 0.15) is 12.9 Å². The van der Waals surface area contributed by atoms with Crippen LogP contribution in [0.15, 0.2) is 0 Å². The Bertz CT molecular complexity index is 591. The zero-order valence-electron chi connectivity index (χ0n) is 15.6. The van der Waals surface area contributed by atoms with Gasteiger partial charge in [-0.05, 0) is 80.5 Å². The molecule has 0 amide bonds. The SMILES string of the molecule is C[C@]12CC[C@@H](O)C[C@H]1CC[C@@H]1[C@H]2[C@@H](O)C[C@]2(C=O)[C@@H](C(=O)CO)CC[C@@H]12. The molecular weight excluding hydrogens is 332 g/mol. The van der Waals surface area contributed by atoms with E-state index in [1.54, 1.807) is 0 Å². The molecule has 5 nitrogen and oxygen atoms in total. The van der Waals surface area contributed by atoms with E-state index in [-0.39, 0.29) is 35.1 Å². The number of ketones is 1. The van der Waals surface area contributed by atoms with Gasteiger partial charge in [0, 0.05) is 11.3 Å². The summed E-state index contributed by atoms with van der Waals surface area (Å²) in [5, 5.41) is 30.7. The smallest absolute Gasteiger partial charge is 0.162 e. The molecule has 0 spiro atoms. The summed E-state index contributed by atoms with van der Waals surface area (Å²) in [7, 11) is 0. The highest BCUT2D eigenvalue weighted by atomic mass is 16.3. The summed E-state index contributed by atoms with van der Waals surface area (Å²) in [6.07, 6.45) is 6.51. The van der Waals surface area contributed by atoms with Crippen molar-refractivity contribution in [3.63, 3.8) is 0 Å². The third kappa shape index (κ3) is 2.39. The van der Waals surface area contributed by atoms with Gasteiger partial charge in [-0.3, -0.25) is 4.79 Å². The molecule has 0 aromatic rings. The molecule has 4 rings (SSSR count). The first-order chi connectivity index (χ1) is 12.4. The summed E-state index contributed by atoms with van der Waals surface area (Å²) in [6.45, 7) is 1.76. The molecule has 4 fully saturated rings. The summed E-state index contributed by atoms with van der Waals surface area (Å²) in [6, 6.07) is 0. The number of carbonyl (C=O) groups excluding carboxylic acids is 2. The molecule has 26 heavy (non-hydrogen) atoms. The van der Waals surface area contributed by atoms with E-state index in [1.165, 1.54) is 0 Å². The lowest BCUT2D eigenvalue weighted by molar-refractivity contribution is -0.182. The first kappa shape index (κ1) is 18.6. The van der Waals surface area contributed by atoms with E-state index >= 15 is 0 Å². The Morgan fingerprint density at radius 1 is 1.15 bits per heavy atom. The Morgan fingerprint density at radius 2 is 1.92 bits per heavy atom. The number of Topliss-reactive ketones (excluding diaryl/α,β-unsaturated/α-hetero) is 1. The summed E-state index contributed by atoms with van der Waals surface area (Å²) < 4.78 is 0. The van der Waals surface area contributed by atoms with Crippen LogP contribution in [0.4, 0.5) is 0 Å². The van der Waals surface area contributed by atoms with Crippen LogP contribution < -0.4 is 0 Å². The largest absolute Gasteiger partial charge is 0.393 e. The standard InChI is InChI=1S/C21H32O5/c1-20-7-6-13(24)8-12(20)2-3-14-15-4-5-16(18(26)10-22)21(15,11-23)9-17(25)19(14)20/h11-17,19,22,24-25H,2-10H2,1H3/t12-,13-,14+,15+,16-,17+,19+,20+,21-/m1/s1. The molecule has 0 heterocycles. The molecule has 0 aliphatic heterocycles. The van der Waals surface area contributed by atoms with Gasteiger partial charge >= 0.3 is 0 Å². The molecule has 0 aromatic heterocycles. The second-order valence-corrected chi connectivity index (χ2v) is 9.76. The second-order valence-electron chi connectivity index (χ2n) is 9.76. The predicted octanol–water partition coefficient (Wildman–Crippen LogP) is 1.72. The molecule has 9 atom stereocenters. The lowest BCUT2D eigenvalue weighted by Gasteiger charge is -2.61. The van der Waals surface area contributed by atoms with Crippen LogP contribution in [-0.2, 0) is 9.59 Å². The van der Waals surface area contributed by atoms with Crippen LogP contribution in [-0.4, -0.2) is 46.2 Å². The van der Waals surface area contributed by atoms with E-state index in [0.29, 0.717) is 18.8 Å². The van der Waals surface area contributed by atoms with Crippen molar-refractivity contribution in [3.8, 4) is 0 Å². The fourth-order valence-corrected chi connectivity index (χ4v) is 7.85. The zero-order chi connectivity index (χ0) is 18.7. The maximum absolute atomic E-state index is 12.3. The summed E-state index contributed by atoms with van der Waals surface area (Å²) >= 11 is 0. The minimum absolute atomic E-state index is 0.00960. The van der Waals surface area contributed by atoms with Gasteiger partial charge < -0.3 is 20.1 Å². The van der Waals surface area contributed by atoms with Crippen molar-refractivity contribution in [2.75, 3.05) is 6.61 Å². The third-order valence-electron chi connectivity index (χ3n) is 8.94. The minimum atomic E-state index is -0.794. The van der Waals surface area contributed by atoms with Gasteiger partial charge in [0.05, 0.1) is 12.2 Å². The molecule has 4 aliphatic rings. The van der Waals surface area contributed by atoms with Crippen LogP contribution >= 0.6 is 0 Å².